The molecule has 98 valence electrons. The molecule has 0 aliphatic heterocycles. The van der Waals surface area contributed by atoms with Crippen LogP contribution in [0.4, 0.5) is 0 Å². The van der Waals surface area contributed by atoms with Gasteiger partial charge in [-0.05, 0) is 44.4 Å². The maximum absolute atomic E-state index is 6.18. The van der Waals surface area contributed by atoms with E-state index in [0.29, 0.717) is 6.04 Å². The lowest BCUT2D eigenvalue weighted by Crippen LogP contribution is -2.17. The maximum Gasteiger partial charge on any atom is 0.127 e. The van der Waals surface area contributed by atoms with Crippen molar-refractivity contribution in [2.75, 3.05) is 0 Å². The van der Waals surface area contributed by atoms with E-state index in [1.54, 1.807) is 0 Å². The minimum Gasteiger partial charge on any atom is -0.324 e. The molecule has 0 aliphatic carbocycles. The third-order valence-electron chi connectivity index (χ3n) is 3.48. The first-order valence-corrected chi connectivity index (χ1v) is 6.84. The Kier molecular flexibility index (Phi) is 3.71. The van der Waals surface area contributed by atoms with Gasteiger partial charge in [-0.15, -0.1) is 0 Å². The van der Waals surface area contributed by atoms with Gasteiger partial charge < -0.3 is 10.3 Å². The van der Waals surface area contributed by atoms with Gasteiger partial charge in [0.1, 0.15) is 5.82 Å². The Labute approximate surface area is 109 Å². The Hall–Kier alpha value is -1.35. The lowest BCUT2D eigenvalue weighted by Gasteiger charge is -2.16. The van der Waals surface area contributed by atoms with Crippen molar-refractivity contribution in [1.29, 1.82) is 0 Å². The van der Waals surface area contributed by atoms with E-state index in [1.165, 1.54) is 11.1 Å². The molecular formula is C15H23N3. The van der Waals surface area contributed by atoms with Crippen molar-refractivity contribution < 1.29 is 0 Å². The number of benzene rings is 1. The van der Waals surface area contributed by atoms with Crippen LogP contribution in [0.5, 0.6) is 0 Å². The lowest BCUT2D eigenvalue weighted by atomic mass is 10.1. The molecule has 1 aromatic heterocycles. The van der Waals surface area contributed by atoms with E-state index >= 15 is 0 Å². The third kappa shape index (κ3) is 2.15. The zero-order chi connectivity index (χ0) is 13.3. The molecule has 1 atom stereocenters. The summed E-state index contributed by atoms with van der Waals surface area (Å²) in [5.41, 5.74) is 9.78. The van der Waals surface area contributed by atoms with Crippen molar-refractivity contribution in [2.24, 2.45) is 5.73 Å². The Bertz CT molecular complexity index is 540. The van der Waals surface area contributed by atoms with Crippen LogP contribution >= 0.6 is 0 Å². The van der Waals surface area contributed by atoms with Crippen LogP contribution in [0.15, 0.2) is 18.2 Å². The van der Waals surface area contributed by atoms with Gasteiger partial charge in [0.05, 0.1) is 17.1 Å². The highest BCUT2D eigenvalue weighted by Gasteiger charge is 2.17. The van der Waals surface area contributed by atoms with Crippen LogP contribution in [-0.2, 0) is 6.42 Å². The third-order valence-corrected chi connectivity index (χ3v) is 3.48. The summed E-state index contributed by atoms with van der Waals surface area (Å²) in [6.45, 7) is 8.63. The Balaban J connectivity index is 2.66. The minimum atomic E-state index is 0.0184. The van der Waals surface area contributed by atoms with Gasteiger partial charge in [-0.2, -0.15) is 0 Å². The largest absolute Gasteiger partial charge is 0.324 e. The number of aromatic nitrogens is 2. The van der Waals surface area contributed by atoms with Crippen molar-refractivity contribution in [3.8, 4) is 0 Å². The summed E-state index contributed by atoms with van der Waals surface area (Å²) >= 11 is 0. The van der Waals surface area contributed by atoms with Crippen LogP contribution in [-0.4, -0.2) is 9.55 Å². The average Bonchev–Trinajstić information content (AvgIpc) is 2.75. The molecule has 3 nitrogen and oxygen atoms in total. The van der Waals surface area contributed by atoms with E-state index in [4.69, 9.17) is 10.7 Å². The van der Waals surface area contributed by atoms with Crippen molar-refractivity contribution in [1.82, 2.24) is 9.55 Å². The predicted octanol–water partition coefficient (Wildman–Crippen LogP) is 3.59. The molecule has 2 rings (SSSR count). The molecule has 1 heterocycles. The lowest BCUT2D eigenvalue weighted by molar-refractivity contribution is 0.535. The first kappa shape index (κ1) is 13.1. The van der Waals surface area contributed by atoms with Crippen molar-refractivity contribution in [3.63, 3.8) is 0 Å². The van der Waals surface area contributed by atoms with Crippen LogP contribution in [0.3, 0.4) is 0 Å². The molecule has 0 bridgehead atoms. The van der Waals surface area contributed by atoms with Crippen molar-refractivity contribution in [2.45, 2.75) is 52.6 Å². The molecule has 0 radical (unpaired) electrons. The van der Waals surface area contributed by atoms with Gasteiger partial charge in [-0.3, -0.25) is 0 Å². The summed E-state index contributed by atoms with van der Waals surface area (Å²) in [7, 11) is 0. The number of imidazole rings is 1. The standard InChI is InChI=1S/C15H23N3/c1-5-11-7-8-14-13(9-11)17-15(12(16)6-2)18(14)10(3)4/h7-10,12H,5-6,16H2,1-4H3. The van der Waals surface area contributed by atoms with Crippen LogP contribution < -0.4 is 5.73 Å². The van der Waals surface area contributed by atoms with Crippen molar-refractivity contribution >= 4 is 11.0 Å². The molecule has 0 saturated carbocycles. The second-order valence-electron chi connectivity index (χ2n) is 5.13. The SMILES string of the molecule is CCc1ccc2c(c1)nc(C(N)CC)n2C(C)C. The summed E-state index contributed by atoms with van der Waals surface area (Å²) in [5, 5.41) is 0. The maximum atomic E-state index is 6.18. The first-order chi connectivity index (χ1) is 8.58. The molecule has 0 amide bonds. The summed E-state index contributed by atoms with van der Waals surface area (Å²) < 4.78 is 2.27. The van der Waals surface area contributed by atoms with Crippen LogP contribution in [0.2, 0.25) is 0 Å². The van der Waals surface area contributed by atoms with E-state index in [0.717, 1.165) is 24.2 Å². The number of nitrogens with zero attached hydrogens (tertiary/aromatic N) is 2. The highest BCUT2D eigenvalue weighted by Crippen LogP contribution is 2.26. The van der Waals surface area contributed by atoms with E-state index < -0.39 is 0 Å². The number of aryl methyl sites for hydroxylation is 1. The second-order valence-corrected chi connectivity index (χ2v) is 5.13. The van der Waals surface area contributed by atoms with Gasteiger partial charge in [-0.1, -0.05) is 19.9 Å². The zero-order valence-corrected chi connectivity index (χ0v) is 11.8. The van der Waals surface area contributed by atoms with Crippen molar-refractivity contribution in [3.05, 3.63) is 29.6 Å². The number of nitrogens with two attached hydrogens (primary N) is 1. The van der Waals surface area contributed by atoms with Gasteiger partial charge in [0.2, 0.25) is 0 Å². The molecule has 0 fully saturated rings. The first-order valence-electron chi connectivity index (χ1n) is 6.84. The van der Waals surface area contributed by atoms with Crippen LogP contribution in [0.25, 0.3) is 11.0 Å². The summed E-state index contributed by atoms with van der Waals surface area (Å²) in [6.07, 6.45) is 1.95. The highest BCUT2D eigenvalue weighted by molar-refractivity contribution is 5.77. The highest BCUT2D eigenvalue weighted by atomic mass is 15.1. The molecule has 0 aliphatic rings. The van der Waals surface area contributed by atoms with Gasteiger partial charge in [0.15, 0.2) is 0 Å². The van der Waals surface area contributed by atoms with E-state index in [2.05, 4.69) is 50.5 Å². The Morgan fingerprint density at radius 3 is 2.56 bits per heavy atom. The predicted molar refractivity (Wildman–Crippen MR) is 76.7 cm³/mol. The molecular weight excluding hydrogens is 222 g/mol. The van der Waals surface area contributed by atoms with E-state index in [9.17, 15) is 0 Å². The van der Waals surface area contributed by atoms with E-state index in [-0.39, 0.29) is 6.04 Å². The average molecular weight is 245 g/mol. The molecule has 0 saturated heterocycles. The van der Waals surface area contributed by atoms with Crippen LogP contribution in [0, 0.1) is 0 Å². The Morgan fingerprint density at radius 2 is 2.00 bits per heavy atom. The fraction of sp³-hybridized carbons (Fsp3) is 0.533. The van der Waals surface area contributed by atoms with Crippen LogP contribution in [0.1, 0.15) is 57.6 Å². The summed E-state index contributed by atoms with van der Waals surface area (Å²) in [5.74, 6) is 1.01. The normalized spacial score (nSPS) is 13.4. The fourth-order valence-electron chi connectivity index (χ4n) is 2.37. The summed E-state index contributed by atoms with van der Waals surface area (Å²) in [4.78, 5) is 4.75. The monoisotopic (exact) mass is 245 g/mol. The minimum absolute atomic E-state index is 0.0184. The fourth-order valence-corrected chi connectivity index (χ4v) is 2.37. The zero-order valence-electron chi connectivity index (χ0n) is 11.8. The quantitative estimate of drug-likeness (QED) is 0.894. The molecule has 1 unspecified atom stereocenters. The molecule has 3 heteroatoms. The number of hydrogen-bond acceptors (Lipinski definition) is 2. The molecule has 2 N–H and O–H groups in total. The number of rotatable bonds is 4. The molecule has 2 aromatic rings. The van der Waals surface area contributed by atoms with Gasteiger partial charge in [-0.25, -0.2) is 4.98 Å². The smallest absolute Gasteiger partial charge is 0.127 e. The number of fused-ring (bicyclic) bond motifs is 1. The second kappa shape index (κ2) is 5.11. The van der Waals surface area contributed by atoms with Gasteiger partial charge in [0, 0.05) is 6.04 Å². The van der Waals surface area contributed by atoms with Gasteiger partial charge in [0.25, 0.3) is 0 Å². The van der Waals surface area contributed by atoms with E-state index in [1.807, 2.05) is 0 Å². The van der Waals surface area contributed by atoms with Gasteiger partial charge >= 0.3 is 0 Å². The molecule has 0 spiro atoms. The molecule has 1 aromatic carbocycles. The number of hydrogen-bond donors (Lipinski definition) is 1. The molecule has 18 heavy (non-hydrogen) atoms. The Morgan fingerprint density at radius 1 is 1.28 bits per heavy atom. The topological polar surface area (TPSA) is 43.8 Å². The summed E-state index contributed by atoms with van der Waals surface area (Å²) in [6, 6.07) is 6.94.